The number of nitrogens with one attached hydrogen (secondary N) is 1. The lowest BCUT2D eigenvalue weighted by Crippen LogP contribution is -2.48. The Labute approximate surface area is 112 Å². The summed E-state index contributed by atoms with van der Waals surface area (Å²) in [6, 6.07) is 5.90. The number of benzene rings is 1. The maximum atomic E-state index is 13.0. The molecule has 0 spiro atoms. The van der Waals surface area contributed by atoms with E-state index >= 15 is 0 Å². The largest absolute Gasteiger partial charge is 0.373 e. The second-order valence-electron chi connectivity index (χ2n) is 5.01. The highest BCUT2D eigenvalue weighted by Gasteiger charge is 2.23. The highest BCUT2D eigenvalue weighted by atomic mass is 19.1. The van der Waals surface area contributed by atoms with E-state index in [0.717, 1.165) is 13.1 Å². The number of carbonyl (C=O) groups excluding carboxylic acids is 1. The molecule has 1 aromatic carbocycles. The topological polar surface area (TPSA) is 41.6 Å². The van der Waals surface area contributed by atoms with Crippen molar-refractivity contribution in [3.63, 3.8) is 0 Å². The summed E-state index contributed by atoms with van der Waals surface area (Å²) in [5.41, 5.74) is 0.486. The zero-order chi connectivity index (χ0) is 13.8. The Morgan fingerprint density at radius 1 is 1.42 bits per heavy atom. The van der Waals surface area contributed by atoms with Crippen molar-refractivity contribution < 1.29 is 13.9 Å². The Morgan fingerprint density at radius 2 is 2.11 bits per heavy atom. The number of nitrogens with zero attached hydrogens (tertiary/aromatic N) is 1. The summed E-state index contributed by atoms with van der Waals surface area (Å²) in [6.45, 7) is 5.76. The number of carbonyl (C=O) groups is 1. The van der Waals surface area contributed by atoms with E-state index in [0.29, 0.717) is 12.2 Å². The second-order valence-corrected chi connectivity index (χ2v) is 5.01. The number of hydrogen-bond acceptors (Lipinski definition) is 3. The summed E-state index contributed by atoms with van der Waals surface area (Å²) in [5, 5.41) is 2.70. The van der Waals surface area contributed by atoms with Crippen LogP contribution in [0.1, 0.15) is 13.8 Å². The molecule has 1 aliphatic rings. The van der Waals surface area contributed by atoms with Crippen molar-refractivity contribution in [2.75, 3.05) is 25.0 Å². The summed E-state index contributed by atoms with van der Waals surface area (Å²) in [6.07, 6.45) is 0.261. The molecule has 5 heteroatoms. The molecule has 2 atom stereocenters. The van der Waals surface area contributed by atoms with Gasteiger partial charge < -0.3 is 10.1 Å². The molecule has 0 radical (unpaired) electrons. The van der Waals surface area contributed by atoms with Crippen LogP contribution >= 0.6 is 0 Å². The molecular formula is C14H19FN2O2. The van der Waals surface area contributed by atoms with Crippen molar-refractivity contribution in [3.8, 4) is 0 Å². The molecule has 2 rings (SSSR count). The SMILES string of the molecule is C[C@@H]1CN(CC(=O)Nc2cccc(F)c2)C[C@@H](C)O1. The fourth-order valence-corrected chi connectivity index (χ4v) is 2.38. The lowest BCUT2D eigenvalue weighted by atomic mass is 10.2. The molecule has 0 bridgehead atoms. The van der Waals surface area contributed by atoms with Crippen LogP contribution in [0.15, 0.2) is 24.3 Å². The molecule has 1 fully saturated rings. The Morgan fingerprint density at radius 3 is 2.74 bits per heavy atom. The molecule has 1 aliphatic heterocycles. The normalized spacial score (nSPS) is 24.2. The summed E-state index contributed by atoms with van der Waals surface area (Å²) in [7, 11) is 0. The third-order valence-electron chi connectivity index (χ3n) is 2.97. The first kappa shape index (κ1) is 14.0. The van der Waals surface area contributed by atoms with Crippen LogP contribution in [0.5, 0.6) is 0 Å². The third-order valence-corrected chi connectivity index (χ3v) is 2.97. The smallest absolute Gasteiger partial charge is 0.238 e. The average molecular weight is 266 g/mol. The molecule has 0 unspecified atom stereocenters. The van der Waals surface area contributed by atoms with E-state index in [2.05, 4.69) is 5.32 Å². The zero-order valence-corrected chi connectivity index (χ0v) is 11.2. The van der Waals surface area contributed by atoms with Gasteiger partial charge in [0.25, 0.3) is 0 Å². The lowest BCUT2D eigenvalue weighted by molar-refractivity contribution is -0.121. The van der Waals surface area contributed by atoms with Gasteiger partial charge in [0, 0.05) is 18.8 Å². The van der Waals surface area contributed by atoms with Crippen molar-refractivity contribution in [1.82, 2.24) is 4.90 Å². The highest BCUT2D eigenvalue weighted by Crippen LogP contribution is 2.12. The van der Waals surface area contributed by atoms with Crippen molar-refractivity contribution in [3.05, 3.63) is 30.1 Å². The van der Waals surface area contributed by atoms with Crippen LogP contribution in [0, 0.1) is 5.82 Å². The number of ether oxygens (including phenoxy) is 1. The summed E-state index contributed by atoms with van der Waals surface area (Å²) < 4.78 is 18.6. The molecular weight excluding hydrogens is 247 g/mol. The van der Waals surface area contributed by atoms with Gasteiger partial charge in [-0.3, -0.25) is 9.69 Å². The molecule has 1 saturated heterocycles. The van der Waals surface area contributed by atoms with Gasteiger partial charge in [-0.2, -0.15) is 0 Å². The summed E-state index contributed by atoms with van der Waals surface area (Å²) in [5.74, 6) is -0.488. The van der Waals surface area contributed by atoms with E-state index < -0.39 is 0 Å². The molecule has 1 heterocycles. The van der Waals surface area contributed by atoms with Crippen molar-refractivity contribution in [2.45, 2.75) is 26.1 Å². The van der Waals surface area contributed by atoms with E-state index in [1.54, 1.807) is 12.1 Å². The van der Waals surface area contributed by atoms with E-state index in [1.165, 1.54) is 12.1 Å². The zero-order valence-electron chi connectivity index (χ0n) is 11.2. The molecule has 0 aromatic heterocycles. The van der Waals surface area contributed by atoms with E-state index in [4.69, 9.17) is 4.74 Å². The highest BCUT2D eigenvalue weighted by molar-refractivity contribution is 5.92. The minimum atomic E-state index is -0.355. The average Bonchev–Trinajstić information content (AvgIpc) is 2.26. The van der Waals surface area contributed by atoms with Gasteiger partial charge in [0.2, 0.25) is 5.91 Å². The quantitative estimate of drug-likeness (QED) is 0.908. The fourth-order valence-electron chi connectivity index (χ4n) is 2.38. The summed E-state index contributed by atoms with van der Waals surface area (Å²) >= 11 is 0. The Balaban J connectivity index is 1.87. The minimum Gasteiger partial charge on any atom is -0.373 e. The maximum Gasteiger partial charge on any atom is 0.238 e. The standard InChI is InChI=1S/C14H19FN2O2/c1-10-7-17(8-11(2)19-10)9-14(18)16-13-5-3-4-12(15)6-13/h3-6,10-11H,7-9H2,1-2H3,(H,16,18)/t10-,11-/m1/s1. The molecule has 104 valence electrons. The lowest BCUT2D eigenvalue weighted by Gasteiger charge is -2.34. The molecule has 1 N–H and O–H groups in total. The Bertz CT molecular complexity index is 443. The fraction of sp³-hybridized carbons (Fsp3) is 0.500. The van der Waals surface area contributed by atoms with Gasteiger partial charge in [0.1, 0.15) is 5.82 Å². The number of halogens is 1. The Kier molecular flexibility index (Phi) is 4.50. The van der Waals surface area contributed by atoms with Gasteiger partial charge in [-0.25, -0.2) is 4.39 Å². The molecule has 1 amide bonds. The van der Waals surface area contributed by atoms with E-state index in [1.807, 2.05) is 18.7 Å². The monoisotopic (exact) mass is 266 g/mol. The number of hydrogen-bond donors (Lipinski definition) is 1. The molecule has 1 aromatic rings. The second kappa shape index (κ2) is 6.12. The first-order chi connectivity index (χ1) is 9.02. The molecule has 19 heavy (non-hydrogen) atoms. The molecule has 4 nitrogen and oxygen atoms in total. The van der Waals surface area contributed by atoms with E-state index in [9.17, 15) is 9.18 Å². The van der Waals surface area contributed by atoms with Gasteiger partial charge >= 0.3 is 0 Å². The van der Waals surface area contributed by atoms with Crippen molar-refractivity contribution in [1.29, 1.82) is 0 Å². The van der Waals surface area contributed by atoms with Crippen LogP contribution in [0.4, 0.5) is 10.1 Å². The van der Waals surface area contributed by atoms with Crippen LogP contribution in [0.2, 0.25) is 0 Å². The predicted octanol–water partition coefficient (Wildman–Crippen LogP) is 1.87. The van der Waals surface area contributed by atoms with Crippen molar-refractivity contribution in [2.24, 2.45) is 0 Å². The van der Waals surface area contributed by atoms with Crippen LogP contribution in [-0.4, -0.2) is 42.6 Å². The number of anilines is 1. The third kappa shape index (κ3) is 4.29. The van der Waals surface area contributed by atoms with Gasteiger partial charge in [0.05, 0.1) is 18.8 Å². The van der Waals surface area contributed by atoms with Crippen LogP contribution in [0.25, 0.3) is 0 Å². The number of rotatable bonds is 3. The van der Waals surface area contributed by atoms with Gasteiger partial charge in [-0.15, -0.1) is 0 Å². The maximum absolute atomic E-state index is 13.0. The van der Waals surface area contributed by atoms with Crippen LogP contribution in [0.3, 0.4) is 0 Å². The number of morpholine rings is 1. The Hall–Kier alpha value is -1.46. The van der Waals surface area contributed by atoms with Gasteiger partial charge in [0.15, 0.2) is 0 Å². The first-order valence-electron chi connectivity index (χ1n) is 6.46. The van der Waals surface area contributed by atoms with Crippen LogP contribution < -0.4 is 5.32 Å². The number of amides is 1. The van der Waals surface area contributed by atoms with Gasteiger partial charge in [-0.05, 0) is 32.0 Å². The first-order valence-corrected chi connectivity index (χ1v) is 6.46. The molecule has 0 saturated carbocycles. The van der Waals surface area contributed by atoms with E-state index in [-0.39, 0.29) is 23.9 Å². The van der Waals surface area contributed by atoms with Crippen LogP contribution in [-0.2, 0) is 9.53 Å². The van der Waals surface area contributed by atoms with Gasteiger partial charge in [-0.1, -0.05) is 6.07 Å². The van der Waals surface area contributed by atoms with Crippen molar-refractivity contribution >= 4 is 11.6 Å². The predicted molar refractivity (Wildman–Crippen MR) is 71.5 cm³/mol. The minimum absolute atomic E-state index is 0.130. The summed E-state index contributed by atoms with van der Waals surface area (Å²) in [4.78, 5) is 13.9. The molecule has 0 aliphatic carbocycles.